The van der Waals surface area contributed by atoms with Gasteiger partial charge in [-0.25, -0.2) is 5.14 Å². The molecule has 2 amide bonds. The van der Waals surface area contributed by atoms with Gasteiger partial charge in [-0.15, -0.1) is 0 Å². The van der Waals surface area contributed by atoms with Crippen molar-refractivity contribution < 1.29 is 49.1 Å². The van der Waals surface area contributed by atoms with Crippen molar-refractivity contribution in [3.05, 3.63) is 28.8 Å². The van der Waals surface area contributed by atoms with E-state index in [1.165, 1.54) is 4.90 Å². The zero-order valence-electron chi connectivity index (χ0n) is 23.1. The highest BCUT2D eigenvalue weighted by molar-refractivity contribution is 7.90. The number of amides is 2. The number of carbonyl (C=O) groups excluding carboxylic acids is 2. The Kier molecular flexibility index (Phi) is 8.84. The van der Waals surface area contributed by atoms with Crippen LogP contribution in [0.5, 0.6) is 0 Å². The number of ether oxygens (including phenoxy) is 1. The predicted molar refractivity (Wildman–Crippen MR) is 139 cm³/mol. The van der Waals surface area contributed by atoms with Gasteiger partial charge < -0.3 is 14.5 Å². The van der Waals surface area contributed by atoms with Crippen molar-refractivity contribution in [1.82, 2.24) is 9.80 Å². The number of nitrogens with one attached hydrogen (secondary N) is 1. The molecule has 3 N–H and O–H groups in total. The second-order valence-electron chi connectivity index (χ2n) is 11.5. The van der Waals surface area contributed by atoms with Crippen molar-refractivity contribution in [1.29, 1.82) is 0 Å². The van der Waals surface area contributed by atoms with Crippen molar-refractivity contribution in [2.24, 2.45) is 16.5 Å². The maximum atomic E-state index is 14.1. The third-order valence-corrected chi connectivity index (χ3v) is 9.22. The summed E-state index contributed by atoms with van der Waals surface area (Å²) < 4.78 is 112. The van der Waals surface area contributed by atoms with Crippen LogP contribution in [0, 0.1) is 11.3 Å². The largest absolute Gasteiger partial charge is 0.471 e. The standard InChI is InChI=1S/C26H34F6N4O5S/c1-15(2)24(7-3-19(13-24)36(23(38)26(30,31)32)18-5-9-41-10-6-18)22(37)35-8-4-20-16(14-35)11-17(25(27,28)29)12-21(20)34-42(33,39)40/h11-12,15,18-19,34H,3-10,13-14H2,1-2H3,(H2,33,39,40)/t19-,24+/m1/s1. The number of fused-ring (bicyclic) bond motifs is 1. The summed E-state index contributed by atoms with van der Waals surface area (Å²) in [7, 11) is -4.40. The van der Waals surface area contributed by atoms with Gasteiger partial charge >= 0.3 is 18.3 Å². The Morgan fingerprint density at radius 3 is 2.29 bits per heavy atom. The molecule has 2 fully saturated rings. The molecule has 0 bridgehead atoms. The third-order valence-electron chi connectivity index (χ3n) is 8.71. The molecule has 3 aliphatic rings. The SMILES string of the molecule is CC(C)[C@]1(C(=O)N2CCc3c(cc(C(F)(F)F)cc3NS(N)(=O)=O)C2)CC[C@@H](N(C(=O)C(F)(F)F)C2CCOCC2)C1. The first kappa shape index (κ1) is 32.3. The summed E-state index contributed by atoms with van der Waals surface area (Å²) in [5.74, 6) is -2.72. The quantitative estimate of drug-likeness (QED) is 0.462. The van der Waals surface area contributed by atoms with Gasteiger partial charge in [0.1, 0.15) is 0 Å². The molecule has 1 aliphatic carbocycles. The van der Waals surface area contributed by atoms with Gasteiger partial charge in [0, 0.05) is 38.4 Å². The van der Waals surface area contributed by atoms with E-state index in [-0.39, 0.29) is 87.6 Å². The molecule has 1 saturated heterocycles. The van der Waals surface area contributed by atoms with Gasteiger partial charge in [0.05, 0.1) is 16.7 Å². The van der Waals surface area contributed by atoms with Crippen LogP contribution in [-0.4, -0.2) is 68.1 Å². The van der Waals surface area contributed by atoms with E-state index in [4.69, 9.17) is 9.88 Å². The van der Waals surface area contributed by atoms with Gasteiger partial charge in [-0.3, -0.25) is 14.3 Å². The molecule has 1 aromatic carbocycles. The highest BCUT2D eigenvalue weighted by Crippen LogP contribution is 2.49. The number of benzene rings is 1. The molecule has 2 aliphatic heterocycles. The summed E-state index contributed by atoms with van der Waals surface area (Å²) in [5, 5.41) is 5.02. The van der Waals surface area contributed by atoms with Crippen molar-refractivity contribution in [2.75, 3.05) is 24.5 Å². The second kappa shape index (κ2) is 11.5. The van der Waals surface area contributed by atoms with E-state index in [0.29, 0.717) is 6.07 Å². The Hall–Kier alpha value is -2.59. The van der Waals surface area contributed by atoms with Crippen molar-refractivity contribution in [3.8, 4) is 0 Å². The molecule has 0 unspecified atom stereocenters. The minimum Gasteiger partial charge on any atom is -0.381 e. The first-order valence-electron chi connectivity index (χ1n) is 13.6. The fraction of sp³-hybridized carbons (Fsp3) is 0.692. The average Bonchev–Trinajstić information content (AvgIpc) is 3.33. The second-order valence-corrected chi connectivity index (χ2v) is 12.8. The number of rotatable bonds is 6. The number of halogens is 6. The van der Waals surface area contributed by atoms with E-state index in [1.54, 1.807) is 13.8 Å². The Bertz CT molecular complexity index is 1310. The van der Waals surface area contributed by atoms with E-state index >= 15 is 0 Å². The molecule has 9 nitrogen and oxygen atoms in total. The van der Waals surface area contributed by atoms with Gasteiger partial charge in [0.2, 0.25) is 5.91 Å². The summed E-state index contributed by atoms with van der Waals surface area (Å²) in [5.41, 5.74) is -2.25. The Labute approximate surface area is 239 Å². The minimum absolute atomic E-state index is 0.0210. The van der Waals surface area contributed by atoms with Crippen molar-refractivity contribution in [2.45, 2.75) is 83.4 Å². The van der Waals surface area contributed by atoms with Crippen LogP contribution in [0.3, 0.4) is 0 Å². The van der Waals surface area contributed by atoms with Crippen LogP contribution in [0.1, 0.15) is 62.6 Å². The summed E-state index contributed by atoms with van der Waals surface area (Å²) in [6, 6.07) is -0.0332. The molecule has 1 saturated carbocycles. The number of nitrogens with two attached hydrogens (primary N) is 1. The van der Waals surface area contributed by atoms with Gasteiger partial charge in [-0.05, 0) is 67.7 Å². The van der Waals surface area contributed by atoms with E-state index in [0.717, 1.165) is 11.0 Å². The normalized spacial score (nSPS) is 24.0. The number of hydrogen-bond donors (Lipinski definition) is 2. The summed E-state index contributed by atoms with van der Waals surface area (Å²) >= 11 is 0. The van der Waals surface area contributed by atoms with Crippen LogP contribution in [-0.2, 0) is 43.7 Å². The van der Waals surface area contributed by atoms with E-state index in [1.807, 2.05) is 4.72 Å². The highest BCUT2D eigenvalue weighted by atomic mass is 32.2. The molecule has 2 atom stereocenters. The van der Waals surface area contributed by atoms with Crippen molar-refractivity contribution >= 4 is 27.7 Å². The molecule has 236 valence electrons. The number of anilines is 1. The maximum absolute atomic E-state index is 14.1. The van der Waals surface area contributed by atoms with Crippen molar-refractivity contribution in [3.63, 3.8) is 0 Å². The fourth-order valence-electron chi connectivity index (χ4n) is 6.59. The maximum Gasteiger partial charge on any atom is 0.471 e. The Morgan fingerprint density at radius 1 is 1.10 bits per heavy atom. The lowest BCUT2D eigenvalue weighted by molar-refractivity contribution is -0.192. The van der Waals surface area contributed by atoms with E-state index in [2.05, 4.69) is 0 Å². The summed E-state index contributed by atoms with van der Waals surface area (Å²) in [4.78, 5) is 29.0. The third kappa shape index (κ3) is 6.64. The first-order valence-corrected chi connectivity index (χ1v) is 15.2. The smallest absolute Gasteiger partial charge is 0.381 e. The summed E-state index contributed by atoms with van der Waals surface area (Å²) in [6.07, 6.45) is -9.08. The van der Waals surface area contributed by atoms with Gasteiger partial charge in [-0.1, -0.05) is 13.8 Å². The molecule has 16 heteroatoms. The van der Waals surface area contributed by atoms with E-state index in [9.17, 15) is 44.3 Å². The first-order chi connectivity index (χ1) is 19.3. The van der Waals surface area contributed by atoms with Crippen LogP contribution in [0.15, 0.2) is 12.1 Å². The van der Waals surface area contributed by atoms with Crippen LogP contribution in [0.2, 0.25) is 0 Å². The molecular formula is C26H34F6N4O5S. The molecule has 2 heterocycles. The lowest BCUT2D eigenvalue weighted by atomic mass is 9.73. The number of hydrogen-bond acceptors (Lipinski definition) is 5. The van der Waals surface area contributed by atoms with E-state index < -0.39 is 57.4 Å². The topological polar surface area (TPSA) is 122 Å². The molecular weight excluding hydrogens is 594 g/mol. The van der Waals surface area contributed by atoms with Gasteiger partial charge in [0.25, 0.3) is 10.2 Å². The molecule has 1 aromatic rings. The van der Waals surface area contributed by atoms with Crippen LogP contribution >= 0.6 is 0 Å². The monoisotopic (exact) mass is 628 g/mol. The molecule has 0 aromatic heterocycles. The molecule has 42 heavy (non-hydrogen) atoms. The highest BCUT2D eigenvalue weighted by Gasteiger charge is 2.55. The predicted octanol–water partition coefficient (Wildman–Crippen LogP) is 3.97. The number of nitrogens with zero attached hydrogens (tertiary/aromatic N) is 2. The van der Waals surface area contributed by atoms with Gasteiger partial charge in [0.15, 0.2) is 0 Å². The fourth-order valence-corrected chi connectivity index (χ4v) is 7.08. The van der Waals surface area contributed by atoms with Crippen LogP contribution in [0.25, 0.3) is 0 Å². The number of alkyl halides is 6. The lowest BCUT2D eigenvalue weighted by Crippen LogP contribution is -2.54. The zero-order chi connectivity index (χ0) is 31.3. The summed E-state index contributed by atoms with van der Waals surface area (Å²) in [6.45, 7) is 3.73. The zero-order valence-corrected chi connectivity index (χ0v) is 24.0. The van der Waals surface area contributed by atoms with Gasteiger partial charge in [-0.2, -0.15) is 34.8 Å². The molecule has 0 spiro atoms. The molecule has 0 radical (unpaired) electrons. The van der Waals surface area contributed by atoms with Crippen LogP contribution in [0.4, 0.5) is 32.0 Å². The lowest BCUT2D eigenvalue weighted by Gasteiger charge is -2.42. The average molecular weight is 629 g/mol. The van der Waals surface area contributed by atoms with Crippen LogP contribution < -0.4 is 9.86 Å². The number of carbonyl (C=O) groups is 2. The Morgan fingerprint density at radius 2 is 1.74 bits per heavy atom. The Balaban J connectivity index is 1.64. The minimum atomic E-state index is -5.10. The molecule has 4 rings (SSSR count).